The number of rotatable bonds is 3. The van der Waals surface area contributed by atoms with Crippen molar-refractivity contribution in [2.24, 2.45) is 5.92 Å². The minimum absolute atomic E-state index is 0.122. The van der Waals surface area contributed by atoms with Crippen molar-refractivity contribution in [1.29, 1.82) is 0 Å². The van der Waals surface area contributed by atoms with Crippen LogP contribution < -0.4 is 0 Å². The number of carbonyl (C=O) groups is 2. The molecule has 0 unspecified atom stereocenters. The highest BCUT2D eigenvalue weighted by molar-refractivity contribution is 8.17. The molecule has 0 saturated carbocycles. The summed E-state index contributed by atoms with van der Waals surface area (Å²) in [4.78, 5) is 24.9. The lowest BCUT2D eigenvalue weighted by atomic mass is 10.1. The molecule has 4 nitrogen and oxygen atoms in total. The van der Waals surface area contributed by atoms with E-state index in [9.17, 15) is 9.59 Å². The third kappa shape index (κ3) is 6.96. The Morgan fingerprint density at radius 2 is 1.29 bits per heavy atom. The summed E-state index contributed by atoms with van der Waals surface area (Å²) in [6.45, 7) is 10.8. The van der Waals surface area contributed by atoms with E-state index in [1.807, 2.05) is 0 Å². The topological polar surface area (TPSA) is 52.6 Å². The second-order valence-corrected chi connectivity index (χ2v) is 9.81. The monoisotopic (exact) mass is 334 g/mol. The Balaban J connectivity index is 2.88. The fourth-order valence-corrected chi connectivity index (χ4v) is 4.81. The van der Waals surface area contributed by atoms with Crippen molar-refractivity contribution in [1.82, 2.24) is 0 Å². The van der Waals surface area contributed by atoms with Crippen LogP contribution in [0, 0.1) is 5.92 Å². The van der Waals surface area contributed by atoms with Gasteiger partial charge >= 0.3 is 11.9 Å². The van der Waals surface area contributed by atoms with Gasteiger partial charge in [-0.15, -0.1) is 23.5 Å². The van der Waals surface area contributed by atoms with Crippen LogP contribution in [-0.2, 0) is 19.1 Å². The summed E-state index contributed by atoms with van der Waals surface area (Å²) in [5.74, 6) is 0.0885. The fourth-order valence-electron chi connectivity index (χ4n) is 1.75. The Morgan fingerprint density at radius 3 is 1.62 bits per heavy atom. The minimum atomic E-state index is -0.862. The SMILES string of the molecule is CC(C)(C)OC(=O)C(C(=O)OC(C)(C)C)C1SCCCS1. The van der Waals surface area contributed by atoms with Crippen LogP contribution in [0.15, 0.2) is 0 Å². The molecule has 0 aromatic heterocycles. The van der Waals surface area contributed by atoms with Crippen LogP contribution in [0.3, 0.4) is 0 Å². The van der Waals surface area contributed by atoms with Gasteiger partial charge in [-0.25, -0.2) is 0 Å². The first-order valence-corrected chi connectivity index (χ1v) is 9.28. The maximum absolute atomic E-state index is 12.4. The van der Waals surface area contributed by atoms with E-state index in [2.05, 4.69) is 0 Å². The smallest absolute Gasteiger partial charge is 0.322 e. The Hall–Kier alpha value is -0.360. The summed E-state index contributed by atoms with van der Waals surface area (Å²) in [6.07, 6.45) is 1.10. The summed E-state index contributed by atoms with van der Waals surface area (Å²) >= 11 is 3.28. The molecule has 6 heteroatoms. The van der Waals surface area contributed by atoms with Crippen LogP contribution in [-0.4, -0.2) is 39.2 Å². The molecule has 0 N–H and O–H groups in total. The van der Waals surface area contributed by atoms with Gasteiger partial charge in [0.15, 0.2) is 5.92 Å². The van der Waals surface area contributed by atoms with E-state index in [0.29, 0.717) is 0 Å². The zero-order chi connectivity index (χ0) is 16.3. The predicted octanol–water partition coefficient (Wildman–Crippen LogP) is 3.48. The van der Waals surface area contributed by atoms with E-state index < -0.39 is 29.1 Å². The number of thioether (sulfide) groups is 2. The second-order valence-electron chi connectivity index (χ2n) is 7.01. The lowest BCUT2D eigenvalue weighted by molar-refractivity contribution is -0.173. The molecule has 122 valence electrons. The van der Waals surface area contributed by atoms with E-state index in [0.717, 1.165) is 17.9 Å². The molecular formula is C15H26O4S2. The van der Waals surface area contributed by atoms with Gasteiger partial charge in [0.05, 0.1) is 4.58 Å². The fraction of sp³-hybridized carbons (Fsp3) is 0.867. The van der Waals surface area contributed by atoms with Crippen LogP contribution in [0.1, 0.15) is 48.0 Å². The standard InChI is InChI=1S/C15H26O4S2/c1-14(2,3)18-11(16)10(12(17)19-15(4,5)6)13-20-8-7-9-21-13/h10,13H,7-9H2,1-6H3. The van der Waals surface area contributed by atoms with Gasteiger partial charge in [-0.2, -0.15) is 0 Å². The Morgan fingerprint density at radius 1 is 0.905 bits per heavy atom. The molecule has 1 saturated heterocycles. The van der Waals surface area contributed by atoms with Crippen molar-refractivity contribution < 1.29 is 19.1 Å². The van der Waals surface area contributed by atoms with Crippen LogP contribution in [0.4, 0.5) is 0 Å². The van der Waals surface area contributed by atoms with Crippen molar-refractivity contribution in [2.75, 3.05) is 11.5 Å². The largest absolute Gasteiger partial charge is 0.459 e. The molecule has 21 heavy (non-hydrogen) atoms. The van der Waals surface area contributed by atoms with Gasteiger partial charge in [0.2, 0.25) is 0 Å². The van der Waals surface area contributed by atoms with E-state index in [1.165, 1.54) is 0 Å². The highest BCUT2D eigenvalue weighted by atomic mass is 32.2. The third-order valence-electron chi connectivity index (χ3n) is 2.45. The minimum Gasteiger partial charge on any atom is -0.459 e. The van der Waals surface area contributed by atoms with Gasteiger partial charge in [-0.05, 0) is 59.5 Å². The summed E-state index contributed by atoms with van der Waals surface area (Å²) in [7, 11) is 0. The molecule has 1 fully saturated rings. The first-order chi connectivity index (χ1) is 9.49. The van der Waals surface area contributed by atoms with Crippen molar-refractivity contribution in [2.45, 2.75) is 63.7 Å². The lowest BCUT2D eigenvalue weighted by Gasteiger charge is -2.31. The number of hydrogen-bond acceptors (Lipinski definition) is 6. The van der Waals surface area contributed by atoms with Crippen molar-refractivity contribution >= 4 is 35.5 Å². The molecule has 0 spiro atoms. The summed E-state index contributed by atoms with van der Waals surface area (Å²) < 4.78 is 10.7. The maximum atomic E-state index is 12.4. The molecule has 1 rings (SSSR count). The second kappa shape index (κ2) is 7.27. The van der Waals surface area contributed by atoms with Crippen LogP contribution in [0.2, 0.25) is 0 Å². The molecule has 0 amide bonds. The summed E-state index contributed by atoms with van der Waals surface area (Å²) in [5, 5.41) is 0. The number of hydrogen-bond donors (Lipinski definition) is 0. The highest BCUT2D eigenvalue weighted by Gasteiger charge is 2.42. The average molecular weight is 335 g/mol. The number of carbonyl (C=O) groups excluding carboxylic acids is 2. The predicted molar refractivity (Wildman–Crippen MR) is 88.5 cm³/mol. The van der Waals surface area contributed by atoms with Crippen LogP contribution >= 0.6 is 23.5 Å². The molecule has 0 radical (unpaired) electrons. The zero-order valence-corrected chi connectivity index (χ0v) is 15.4. The molecule has 0 aromatic rings. The third-order valence-corrected chi connectivity index (χ3v) is 5.51. The first kappa shape index (κ1) is 18.7. The maximum Gasteiger partial charge on any atom is 0.322 e. The van der Waals surface area contributed by atoms with Crippen LogP contribution in [0.5, 0.6) is 0 Å². The van der Waals surface area contributed by atoms with Crippen molar-refractivity contribution in [3.05, 3.63) is 0 Å². The van der Waals surface area contributed by atoms with Crippen molar-refractivity contribution in [3.63, 3.8) is 0 Å². The number of ether oxygens (including phenoxy) is 2. The summed E-state index contributed by atoms with van der Waals surface area (Å²) in [5.41, 5.74) is -1.22. The van der Waals surface area contributed by atoms with E-state index >= 15 is 0 Å². The summed E-state index contributed by atoms with van der Waals surface area (Å²) in [6, 6.07) is 0. The zero-order valence-electron chi connectivity index (χ0n) is 13.7. The van der Waals surface area contributed by atoms with Gasteiger partial charge < -0.3 is 9.47 Å². The van der Waals surface area contributed by atoms with Crippen molar-refractivity contribution in [3.8, 4) is 0 Å². The van der Waals surface area contributed by atoms with Gasteiger partial charge in [0, 0.05) is 0 Å². The molecule has 1 aliphatic rings. The van der Waals surface area contributed by atoms with Gasteiger partial charge in [-0.3, -0.25) is 9.59 Å². The molecular weight excluding hydrogens is 308 g/mol. The first-order valence-electron chi connectivity index (χ1n) is 7.18. The van der Waals surface area contributed by atoms with Crippen LogP contribution in [0.25, 0.3) is 0 Å². The molecule has 0 aromatic carbocycles. The molecule has 0 atom stereocenters. The molecule has 1 aliphatic heterocycles. The van der Waals surface area contributed by atoms with E-state index in [4.69, 9.17) is 9.47 Å². The number of esters is 2. The highest BCUT2D eigenvalue weighted by Crippen LogP contribution is 2.38. The van der Waals surface area contributed by atoms with E-state index in [-0.39, 0.29) is 4.58 Å². The Kier molecular flexibility index (Phi) is 6.47. The molecule has 0 bridgehead atoms. The Bertz CT molecular complexity index is 348. The molecule has 0 aliphatic carbocycles. The molecule has 1 heterocycles. The average Bonchev–Trinajstić information content (AvgIpc) is 2.25. The normalized spacial score (nSPS) is 17.7. The van der Waals surface area contributed by atoms with Gasteiger partial charge in [0.25, 0.3) is 0 Å². The van der Waals surface area contributed by atoms with E-state index in [1.54, 1.807) is 65.1 Å². The quantitative estimate of drug-likeness (QED) is 0.582. The van der Waals surface area contributed by atoms with Gasteiger partial charge in [-0.1, -0.05) is 0 Å². The lowest BCUT2D eigenvalue weighted by Crippen LogP contribution is -2.41. The Labute approximate surface area is 136 Å². The van der Waals surface area contributed by atoms with Gasteiger partial charge in [0.1, 0.15) is 11.2 Å².